The molecule has 0 spiro atoms. The number of nitrogens with one attached hydrogen (secondary N) is 1. The zero-order valence-electron chi connectivity index (χ0n) is 12.9. The number of para-hydroxylation sites is 1. The van der Waals surface area contributed by atoms with Gasteiger partial charge >= 0.3 is 0 Å². The molecular weight excluding hydrogens is 248 g/mol. The quantitative estimate of drug-likeness (QED) is 0.577. The average molecular weight is 278 g/mol. The van der Waals surface area contributed by atoms with Gasteiger partial charge < -0.3 is 15.3 Å². The summed E-state index contributed by atoms with van der Waals surface area (Å²) < 4.78 is 0. The minimum absolute atomic E-state index is 0.245. The number of unbranched alkanes of at least 4 members (excludes halogenated alkanes) is 5. The zero-order chi connectivity index (χ0) is 14.5. The molecule has 3 nitrogen and oxygen atoms in total. The lowest BCUT2D eigenvalue weighted by Gasteiger charge is -2.18. The standard InChI is InChI=1S/C17H30N2O/c1-19(17-11-7-6-8-12-17)15-10-5-3-2-4-9-13-18-14-16-20/h6-8,11-12,18,20H,2-5,9-10,13-16H2,1H3. The Bertz CT molecular complexity index is 316. The molecule has 0 aromatic heterocycles. The van der Waals surface area contributed by atoms with Gasteiger partial charge in [0.05, 0.1) is 6.61 Å². The predicted molar refractivity (Wildman–Crippen MR) is 87.4 cm³/mol. The lowest BCUT2D eigenvalue weighted by molar-refractivity contribution is 0.292. The van der Waals surface area contributed by atoms with Crippen LogP contribution in [0.4, 0.5) is 5.69 Å². The van der Waals surface area contributed by atoms with E-state index in [1.165, 1.54) is 44.2 Å². The third-order valence-corrected chi connectivity index (χ3v) is 3.58. The first-order valence-electron chi connectivity index (χ1n) is 7.92. The normalized spacial score (nSPS) is 10.7. The molecule has 0 radical (unpaired) electrons. The van der Waals surface area contributed by atoms with Gasteiger partial charge in [0, 0.05) is 25.8 Å². The summed E-state index contributed by atoms with van der Waals surface area (Å²) in [5, 5.41) is 11.8. The number of hydrogen-bond acceptors (Lipinski definition) is 3. The molecule has 0 unspecified atom stereocenters. The van der Waals surface area contributed by atoms with Gasteiger partial charge in [-0.2, -0.15) is 0 Å². The number of aliphatic hydroxyl groups excluding tert-OH is 1. The molecule has 3 heteroatoms. The minimum atomic E-state index is 0.245. The molecule has 0 amide bonds. The van der Waals surface area contributed by atoms with Crippen molar-refractivity contribution in [2.75, 3.05) is 38.2 Å². The summed E-state index contributed by atoms with van der Waals surface area (Å²) in [6, 6.07) is 10.6. The number of rotatable bonds is 12. The molecule has 0 atom stereocenters. The van der Waals surface area contributed by atoms with E-state index in [0.29, 0.717) is 0 Å². The molecule has 2 N–H and O–H groups in total. The summed E-state index contributed by atoms with van der Waals surface area (Å²) in [5.41, 5.74) is 1.31. The molecule has 0 saturated carbocycles. The highest BCUT2D eigenvalue weighted by Crippen LogP contribution is 2.12. The van der Waals surface area contributed by atoms with Crippen LogP contribution in [0.15, 0.2) is 30.3 Å². The van der Waals surface area contributed by atoms with Gasteiger partial charge in [0.2, 0.25) is 0 Å². The van der Waals surface area contributed by atoms with E-state index in [4.69, 9.17) is 5.11 Å². The van der Waals surface area contributed by atoms with E-state index in [2.05, 4.69) is 47.6 Å². The number of hydrogen-bond donors (Lipinski definition) is 2. The van der Waals surface area contributed by atoms with Crippen LogP contribution >= 0.6 is 0 Å². The van der Waals surface area contributed by atoms with E-state index >= 15 is 0 Å². The van der Waals surface area contributed by atoms with E-state index < -0.39 is 0 Å². The van der Waals surface area contributed by atoms with E-state index in [9.17, 15) is 0 Å². The Morgan fingerprint density at radius 1 is 0.900 bits per heavy atom. The summed E-state index contributed by atoms with van der Waals surface area (Å²) in [6.45, 7) is 3.15. The van der Waals surface area contributed by atoms with Crippen LogP contribution in [0.3, 0.4) is 0 Å². The third kappa shape index (κ3) is 8.18. The van der Waals surface area contributed by atoms with Crippen LogP contribution < -0.4 is 10.2 Å². The lowest BCUT2D eigenvalue weighted by Crippen LogP contribution is -2.19. The van der Waals surface area contributed by atoms with Crippen LogP contribution in [0.1, 0.15) is 38.5 Å². The van der Waals surface area contributed by atoms with Crippen molar-refractivity contribution in [2.45, 2.75) is 38.5 Å². The Morgan fingerprint density at radius 2 is 1.55 bits per heavy atom. The maximum Gasteiger partial charge on any atom is 0.0555 e. The fraction of sp³-hybridized carbons (Fsp3) is 0.647. The molecule has 0 heterocycles. The Hall–Kier alpha value is -1.06. The summed E-state index contributed by atoms with van der Waals surface area (Å²) in [5.74, 6) is 0. The van der Waals surface area contributed by atoms with Crippen molar-refractivity contribution in [3.05, 3.63) is 30.3 Å². The largest absolute Gasteiger partial charge is 0.395 e. The van der Waals surface area contributed by atoms with Crippen LogP contribution in [-0.4, -0.2) is 38.4 Å². The van der Waals surface area contributed by atoms with E-state index in [0.717, 1.165) is 19.6 Å². The molecule has 1 aromatic rings. The zero-order valence-corrected chi connectivity index (χ0v) is 12.9. The Labute approximate surface area is 124 Å². The van der Waals surface area contributed by atoms with Crippen LogP contribution in [0.25, 0.3) is 0 Å². The van der Waals surface area contributed by atoms with E-state index in [1.807, 2.05) is 0 Å². The van der Waals surface area contributed by atoms with Gasteiger partial charge in [-0.3, -0.25) is 0 Å². The topological polar surface area (TPSA) is 35.5 Å². The number of nitrogens with zero attached hydrogens (tertiary/aromatic N) is 1. The van der Waals surface area contributed by atoms with Gasteiger partial charge in [0.1, 0.15) is 0 Å². The second-order valence-corrected chi connectivity index (χ2v) is 5.35. The minimum Gasteiger partial charge on any atom is -0.395 e. The first-order chi connectivity index (χ1) is 9.84. The smallest absolute Gasteiger partial charge is 0.0555 e. The number of benzene rings is 1. The molecular formula is C17H30N2O. The molecule has 0 aliphatic rings. The van der Waals surface area contributed by atoms with Crippen LogP contribution in [0.2, 0.25) is 0 Å². The molecule has 114 valence electrons. The van der Waals surface area contributed by atoms with Crippen molar-refractivity contribution in [2.24, 2.45) is 0 Å². The number of aliphatic hydroxyl groups is 1. The van der Waals surface area contributed by atoms with Crippen molar-refractivity contribution in [3.8, 4) is 0 Å². The molecule has 0 aliphatic carbocycles. The Balaban J connectivity index is 1.90. The molecule has 1 rings (SSSR count). The van der Waals surface area contributed by atoms with Crippen molar-refractivity contribution < 1.29 is 5.11 Å². The number of anilines is 1. The fourth-order valence-corrected chi connectivity index (χ4v) is 2.32. The van der Waals surface area contributed by atoms with Crippen LogP contribution in [0.5, 0.6) is 0 Å². The first kappa shape index (κ1) is 17.0. The summed E-state index contributed by atoms with van der Waals surface area (Å²) in [7, 11) is 2.17. The lowest BCUT2D eigenvalue weighted by atomic mass is 10.1. The molecule has 0 saturated heterocycles. The van der Waals surface area contributed by atoms with Crippen LogP contribution in [0, 0.1) is 0 Å². The van der Waals surface area contributed by atoms with Gasteiger partial charge in [0.25, 0.3) is 0 Å². The SMILES string of the molecule is CN(CCCCCCCCNCCO)c1ccccc1. The Kier molecular flexibility index (Phi) is 9.98. The van der Waals surface area contributed by atoms with Gasteiger partial charge in [-0.15, -0.1) is 0 Å². The van der Waals surface area contributed by atoms with Crippen molar-refractivity contribution in [1.82, 2.24) is 5.32 Å². The highest BCUT2D eigenvalue weighted by Gasteiger charge is 1.99. The monoisotopic (exact) mass is 278 g/mol. The van der Waals surface area contributed by atoms with Crippen molar-refractivity contribution in [3.63, 3.8) is 0 Å². The van der Waals surface area contributed by atoms with Gasteiger partial charge in [-0.25, -0.2) is 0 Å². The summed E-state index contributed by atoms with van der Waals surface area (Å²) >= 11 is 0. The summed E-state index contributed by atoms with van der Waals surface area (Å²) in [6.07, 6.45) is 7.78. The Morgan fingerprint density at radius 3 is 2.25 bits per heavy atom. The third-order valence-electron chi connectivity index (χ3n) is 3.58. The van der Waals surface area contributed by atoms with Crippen molar-refractivity contribution >= 4 is 5.69 Å². The molecule has 1 aromatic carbocycles. The summed E-state index contributed by atoms with van der Waals surface area (Å²) in [4.78, 5) is 2.33. The molecule has 20 heavy (non-hydrogen) atoms. The second kappa shape index (κ2) is 11.7. The first-order valence-corrected chi connectivity index (χ1v) is 7.92. The highest BCUT2D eigenvalue weighted by atomic mass is 16.3. The van der Waals surface area contributed by atoms with E-state index in [-0.39, 0.29) is 6.61 Å². The van der Waals surface area contributed by atoms with E-state index in [1.54, 1.807) is 0 Å². The maximum atomic E-state index is 8.63. The van der Waals surface area contributed by atoms with Crippen molar-refractivity contribution in [1.29, 1.82) is 0 Å². The second-order valence-electron chi connectivity index (χ2n) is 5.35. The molecule has 0 aliphatic heterocycles. The molecule has 0 fully saturated rings. The van der Waals surface area contributed by atoms with Gasteiger partial charge in [-0.05, 0) is 31.5 Å². The highest BCUT2D eigenvalue weighted by molar-refractivity contribution is 5.44. The average Bonchev–Trinajstić information content (AvgIpc) is 2.50. The van der Waals surface area contributed by atoms with Crippen LogP contribution in [-0.2, 0) is 0 Å². The fourth-order valence-electron chi connectivity index (χ4n) is 2.32. The van der Waals surface area contributed by atoms with Gasteiger partial charge in [0.15, 0.2) is 0 Å². The van der Waals surface area contributed by atoms with Gasteiger partial charge in [-0.1, -0.05) is 43.9 Å². The maximum absolute atomic E-state index is 8.63. The molecule has 0 bridgehead atoms. The predicted octanol–water partition coefficient (Wildman–Crippen LogP) is 3.05.